The minimum atomic E-state index is -4.11. The number of fused-ring (bicyclic) bond motifs is 1. The van der Waals surface area contributed by atoms with Gasteiger partial charge in [0.15, 0.2) is 5.03 Å². The van der Waals surface area contributed by atoms with E-state index in [-0.39, 0.29) is 16.4 Å². The molecule has 0 atom stereocenters. The normalized spacial score (nSPS) is 11.8. The number of aromatic nitrogens is 3. The molecule has 0 aliphatic carbocycles. The van der Waals surface area contributed by atoms with Crippen molar-refractivity contribution >= 4 is 39.4 Å². The first-order valence-electron chi connectivity index (χ1n) is 10.4. The van der Waals surface area contributed by atoms with Crippen molar-refractivity contribution in [3.05, 3.63) is 78.5 Å². The fraction of sp³-hybridized carbons (Fsp3) is 0.0833. The second-order valence-corrected chi connectivity index (χ2v) is 9.04. The average molecular weight is 490 g/mol. The highest BCUT2D eigenvalue weighted by Gasteiger charge is 2.22. The molecule has 10 nitrogen and oxygen atoms in total. The van der Waals surface area contributed by atoms with E-state index < -0.39 is 10.0 Å². The summed E-state index contributed by atoms with van der Waals surface area (Å²) in [6.07, 6.45) is 8.14. The van der Waals surface area contributed by atoms with E-state index in [0.717, 1.165) is 29.3 Å². The molecule has 0 aliphatic heterocycles. The molecule has 0 saturated heterocycles. The van der Waals surface area contributed by atoms with Gasteiger partial charge in [0, 0.05) is 49.2 Å². The fourth-order valence-electron chi connectivity index (χ4n) is 3.50. The maximum absolute atomic E-state index is 13.4. The van der Waals surface area contributed by atoms with Crippen LogP contribution in [0.4, 0.5) is 5.69 Å². The molecule has 0 unspecified atom stereocenters. The lowest BCUT2D eigenvalue weighted by molar-refractivity contribution is 0.415. The van der Waals surface area contributed by atoms with E-state index in [4.69, 9.17) is 15.6 Å². The summed E-state index contributed by atoms with van der Waals surface area (Å²) in [6, 6.07) is 12.6. The first kappa shape index (κ1) is 23.6. The summed E-state index contributed by atoms with van der Waals surface area (Å²) < 4.78 is 36.0. The standard InChI is InChI=1S/C24H23N7O3S/c1-27-12-19(10-25)18-9-21(22(11-26)28-13-18)30-35(32,33)24-14-29-23-8-5-17(15-31(23)24)16-3-6-20(34-2)7-4-16/h3-15,25-27,30H,1-2H3/b19-12+,25-10?,26-11?. The number of imidazole rings is 1. The third-order valence-electron chi connectivity index (χ3n) is 5.26. The molecule has 4 rings (SSSR count). The number of pyridine rings is 2. The van der Waals surface area contributed by atoms with Crippen molar-refractivity contribution in [3.63, 3.8) is 0 Å². The van der Waals surface area contributed by atoms with E-state index in [9.17, 15) is 8.42 Å². The van der Waals surface area contributed by atoms with Gasteiger partial charge in [-0.25, -0.2) is 4.98 Å². The zero-order valence-electron chi connectivity index (χ0n) is 19.0. The quantitative estimate of drug-likeness (QED) is 0.265. The molecule has 4 N–H and O–H groups in total. The topological polar surface area (TPSA) is 145 Å². The number of benzene rings is 1. The van der Waals surface area contributed by atoms with Crippen molar-refractivity contribution in [3.8, 4) is 16.9 Å². The molecule has 0 spiro atoms. The number of anilines is 1. The van der Waals surface area contributed by atoms with Crippen molar-refractivity contribution in [1.82, 2.24) is 19.7 Å². The molecule has 0 fully saturated rings. The highest BCUT2D eigenvalue weighted by molar-refractivity contribution is 7.92. The van der Waals surface area contributed by atoms with E-state index in [1.54, 1.807) is 32.6 Å². The Kier molecular flexibility index (Phi) is 6.60. The lowest BCUT2D eigenvalue weighted by Crippen LogP contribution is -2.17. The summed E-state index contributed by atoms with van der Waals surface area (Å²) >= 11 is 0. The van der Waals surface area contributed by atoms with Gasteiger partial charge < -0.3 is 20.9 Å². The number of ether oxygens (including phenoxy) is 1. The van der Waals surface area contributed by atoms with E-state index >= 15 is 0 Å². The van der Waals surface area contributed by atoms with E-state index in [0.29, 0.717) is 16.8 Å². The Morgan fingerprint density at radius 3 is 2.46 bits per heavy atom. The molecule has 0 amide bonds. The van der Waals surface area contributed by atoms with E-state index in [2.05, 4.69) is 20.0 Å². The number of sulfonamides is 1. The van der Waals surface area contributed by atoms with Crippen LogP contribution in [0.5, 0.6) is 5.75 Å². The molecule has 0 saturated carbocycles. The van der Waals surface area contributed by atoms with Gasteiger partial charge in [-0.2, -0.15) is 8.42 Å². The van der Waals surface area contributed by atoms with Crippen LogP contribution < -0.4 is 14.8 Å². The van der Waals surface area contributed by atoms with Gasteiger partial charge >= 0.3 is 0 Å². The Morgan fingerprint density at radius 2 is 1.80 bits per heavy atom. The van der Waals surface area contributed by atoms with Gasteiger partial charge in [0.05, 0.1) is 19.0 Å². The third-order valence-corrected chi connectivity index (χ3v) is 6.60. The van der Waals surface area contributed by atoms with Crippen LogP contribution in [-0.2, 0) is 10.0 Å². The Balaban J connectivity index is 1.75. The van der Waals surface area contributed by atoms with Gasteiger partial charge in [-0.3, -0.25) is 14.1 Å². The smallest absolute Gasteiger partial charge is 0.279 e. The van der Waals surface area contributed by atoms with Gasteiger partial charge in [-0.1, -0.05) is 12.1 Å². The minimum Gasteiger partial charge on any atom is -0.497 e. The van der Waals surface area contributed by atoms with E-state index in [1.807, 2.05) is 30.3 Å². The van der Waals surface area contributed by atoms with E-state index in [1.165, 1.54) is 22.9 Å². The molecular weight excluding hydrogens is 466 g/mol. The average Bonchev–Trinajstić information content (AvgIpc) is 3.31. The maximum atomic E-state index is 13.4. The Morgan fingerprint density at radius 1 is 1.06 bits per heavy atom. The molecule has 0 radical (unpaired) electrons. The molecule has 3 aromatic heterocycles. The van der Waals surface area contributed by atoms with Crippen LogP contribution in [0.1, 0.15) is 11.3 Å². The van der Waals surface area contributed by atoms with Gasteiger partial charge in [-0.15, -0.1) is 0 Å². The fourth-order valence-corrected chi connectivity index (χ4v) is 4.66. The first-order chi connectivity index (χ1) is 16.9. The third kappa shape index (κ3) is 4.75. The summed E-state index contributed by atoms with van der Waals surface area (Å²) in [5.74, 6) is 0.721. The summed E-state index contributed by atoms with van der Waals surface area (Å²) in [5, 5.41) is 18.0. The predicted octanol–water partition coefficient (Wildman–Crippen LogP) is 3.41. The van der Waals surface area contributed by atoms with Crippen molar-refractivity contribution < 1.29 is 13.2 Å². The van der Waals surface area contributed by atoms with Crippen LogP contribution in [0.25, 0.3) is 22.3 Å². The molecule has 0 aliphatic rings. The van der Waals surface area contributed by atoms with Gasteiger partial charge in [0.25, 0.3) is 10.0 Å². The second kappa shape index (κ2) is 9.77. The van der Waals surface area contributed by atoms with Crippen molar-refractivity contribution in [2.75, 3.05) is 18.9 Å². The molecule has 1 aromatic carbocycles. The molecule has 0 bridgehead atoms. The van der Waals surface area contributed by atoms with Gasteiger partial charge in [0.2, 0.25) is 0 Å². The highest BCUT2D eigenvalue weighted by Crippen LogP contribution is 2.26. The SMILES string of the molecule is CN/C=C(\C=N)c1cnc(C=N)c(NS(=O)(=O)c2cnc3ccc(-c4ccc(OC)cc4)cn23)c1. The Labute approximate surface area is 202 Å². The van der Waals surface area contributed by atoms with Crippen LogP contribution in [0.3, 0.4) is 0 Å². The van der Waals surface area contributed by atoms with Crippen LogP contribution in [0.15, 0.2) is 72.3 Å². The van der Waals surface area contributed by atoms with Crippen molar-refractivity contribution in [1.29, 1.82) is 10.8 Å². The highest BCUT2D eigenvalue weighted by atomic mass is 32.2. The maximum Gasteiger partial charge on any atom is 0.279 e. The Hall–Kier alpha value is -4.51. The summed E-state index contributed by atoms with van der Waals surface area (Å²) in [4.78, 5) is 8.40. The van der Waals surface area contributed by atoms with Crippen LogP contribution in [0.2, 0.25) is 0 Å². The van der Waals surface area contributed by atoms with Crippen molar-refractivity contribution in [2.45, 2.75) is 5.03 Å². The lowest BCUT2D eigenvalue weighted by atomic mass is 10.1. The van der Waals surface area contributed by atoms with Crippen LogP contribution in [0, 0.1) is 10.8 Å². The number of hydrogen-bond donors (Lipinski definition) is 4. The molecule has 4 aromatic rings. The first-order valence-corrected chi connectivity index (χ1v) is 11.9. The minimum absolute atomic E-state index is 0.0674. The zero-order chi connectivity index (χ0) is 25.0. The number of allylic oxidation sites excluding steroid dienone is 1. The molecule has 11 heteroatoms. The zero-order valence-corrected chi connectivity index (χ0v) is 19.8. The number of nitrogens with zero attached hydrogens (tertiary/aromatic N) is 3. The largest absolute Gasteiger partial charge is 0.497 e. The number of methoxy groups -OCH3 is 1. The number of hydrogen-bond acceptors (Lipinski definition) is 8. The molecule has 178 valence electrons. The number of rotatable bonds is 9. The van der Waals surface area contributed by atoms with Crippen LogP contribution >= 0.6 is 0 Å². The Bertz CT molecular complexity index is 1540. The van der Waals surface area contributed by atoms with Crippen LogP contribution in [-0.4, -0.2) is 49.4 Å². The van der Waals surface area contributed by atoms with Gasteiger partial charge in [0.1, 0.15) is 17.1 Å². The number of nitrogens with one attached hydrogen (secondary N) is 4. The summed E-state index contributed by atoms with van der Waals surface area (Å²) in [7, 11) is -0.821. The summed E-state index contributed by atoms with van der Waals surface area (Å²) in [6.45, 7) is 0. The monoisotopic (exact) mass is 489 g/mol. The molecule has 35 heavy (non-hydrogen) atoms. The molecular formula is C24H23N7O3S. The van der Waals surface area contributed by atoms with Crippen molar-refractivity contribution in [2.24, 2.45) is 0 Å². The molecule has 3 heterocycles. The predicted molar refractivity (Wildman–Crippen MR) is 136 cm³/mol. The lowest BCUT2D eigenvalue weighted by Gasteiger charge is -2.12. The van der Waals surface area contributed by atoms with Gasteiger partial charge in [-0.05, 0) is 41.5 Å². The second-order valence-electron chi connectivity index (χ2n) is 7.41. The summed E-state index contributed by atoms with van der Waals surface area (Å²) in [5.41, 5.74) is 3.40.